The van der Waals surface area contributed by atoms with Crippen molar-refractivity contribution < 1.29 is 13.2 Å². The Morgan fingerprint density at radius 1 is 0.875 bits per heavy atom. The number of allylic oxidation sites excluding steroid dienone is 2. The lowest BCUT2D eigenvalue weighted by Gasteiger charge is -2.18. The topological polar surface area (TPSA) is 43.4 Å². The number of benzene rings is 3. The van der Waals surface area contributed by atoms with E-state index in [2.05, 4.69) is 6.58 Å². The van der Waals surface area contributed by atoms with Crippen LogP contribution in [0.2, 0.25) is 0 Å². The minimum Gasteiger partial charge on any atom is -0.500 e. The molecule has 0 aliphatic heterocycles. The van der Waals surface area contributed by atoms with E-state index in [1.54, 1.807) is 18.2 Å². The molecule has 0 bridgehead atoms. The van der Waals surface area contributed by atoms with Gasteiger partial charge in [0.25, 0.3) is 0 Å². The van der Waals surface area contributed by atoms with E-state index in [4.69, 9.17) is 4.74 Å². The molecule has 1 atom stereocenters. The molecule has 0 spiro atoms. The summed E-state index contributed by atoms with van der Waals surface area (Å²) in [6, 6.07) is 27.0. The Morgan fingerprint density at radius 3 is 2.00 bits per heavy atom. The molecule has 32 heavy (non-hydrogen) atoms. The predicted molar refractivity (Wildman–Crippen MR) is 131 cm³/mol. The van der Waals surface area contributed by atoms with Gasteiger partial charge in [-0.25, -0.2) is 8.42 Å². The van der Waals surface area contributed by atoms with E-state index in [0.29, 0.717) is 19.4 Å². The highest BCUT2D eigenvalue weighted by Gasteiger charge is 2.27. The van der Waals surface area contributed by atoms with Crippen LogP contribution in [0, 0.1) is 12.8 Å². The third-order valence-electron chi connectivity index (χ3n) is 5.43. The van der Waals surface area contributed by atoms with Gasteiger partial charge in [0.15, 0.2) is 0 Å². The molecule has 0 amide bonds. The third-order valence-corrected chi connectivity index (χ3v) is 7.34. The highest BCUT2D eigenvalue weighted by Crippen LogP contribution is 2.30. The number of hydrogen-bond acceptors (Lipinski definition) is 3. The monoisotopic (exact) mass is 446 g/mol. The van der Waals surface area contributed by atoms with Crippen LogP contribution in [0.25, 0.3) is 0 Å². The molecule has 0 saturated heterocycles. The summed E-state index contributed by atoms with van der Waals surface area (Å²) in [6.07, 6.45) is 5.23. The Kier molecular flexibility index (Phi) is 8.46. The van der Waals surface area contributed by atoms with Crippen LogP contribution < -0.4 is 0 Å². The maximum absolute atomic E-state index is 13.5. The Balaban J connectivity index is 1.82. The van der Waals surface area contributed by atoms with Crippen molar-refractivity contribution in [2.24, 2.45) is 5.92 Å². The zero-order chi connectivity index (χ0) is 22.8. The molecule has 3 aromatic carbocycles. The second kappa shape index (κ2) is 11.5. The first-order chi connectivity index (χ1) is 15.5. The summed E-state index contributed by atoms with van der Waals surface area (Å²) in [5.74, 6) is -0.349. The minimum absolute atomic E-state index is 0.250. The molecule has 3 rings (SSSR count). The lowest BCUT2D eigenvalue weighted by Crippen LogP contribution is -2.15. The second-order valence-corrected chi connectivity index (χ2v) is 9.76. The lowest BCUT2D eigenvalue weighted by atomic mass is 9.99. The average Bonchev–Trinajstić information content (AvgIpc) is 2.82. The van der Waals surface area contributed by atoms with Crippen molar-refractivity contribution >= 4 is 9.84 Å². The second-order valence-electron chi connectivity index (χ2n) is 7.81. The maximum atomic E-state index is 13.5. The normalized spacial score (nSPS) is 12.8. The fraction of sp³-hybridized carbons (Fsp3) is 0.214. The fourth-order valence-corrected chi connectivity index (χ4v) is 5.08. The van der Waals surface area contributed by atoms with Gasteiger partial charge in [0, 0.05) is 12.3 Å². The summed E-state index contributed by atoms with van der Waals surface area (Å²) in [5, 5.41) is 0. The first kappa shape index (κ1) is 23.6. The van der Waals surface area contributed by atoms with Crippen molar-refractivity contribution in [3.05, 3.63) is 125 Å². The average molecular weight is 447 g/mol. The molecule has 0 N–H and O–H groups in total. The number of sulfone groups is 1. The van der Waals surface area contributed by atoms with E-state index in [9.17, 15) is 8.42 Å². The zero-order valence-electron chi connectivity index (χ0n) is 18.5. The van der Waals surface area contributed by atoms with Crippen molar-refractivity contribution in [1.29, 1.82) is 0 Å². The molecule has 0 aliphatic carbocycles. The van der Waals surface area contributed by atoms with Crippen LogP contribution in [0.1, 0.15) is 23.1 Å². The van der Waals surface area contributed by atoms with Crippen molar-refractivity contribution in [3.8, 4) is 0 Å². The van der Waals surface area contributed by atoms with E-state index < -0.39 is 9.84 Å². The van der Waals surface area contributed by atoms with Crippen LogP contribution in [-0.2, 0) is 27.4 Å². The molecule has 0 aromatic heterocycles. The van der Waals surface area contributed by atoms with Gasteiger partial charge in [0.1, 0.15) is 0 Å². The molecule has 1 unspecified atom stereocenters. The van der Waals surface area contributed by atoms with Gasteiger partial charge in [-0.05, 0) is 43.0 Å². The zero-order valence-corrected chi connectivity index (χ0v) is 19.3. The number of ether oxygens (including phenoxy) is 1. The minimum atomic E-state index is -3.71. The first-order valence-electron chi connectivity index (χ1n) is 10.8. The fourth-order valence-electron chi connectivity index (χ4n) is 3.51. The van der Waals surface area contributed by atoms with Crippen LogP contribution in [-0.4, -0.2) is 15.0 Å². The standard InChI is InChI=1S/C28H30O3S/c1-3-26(17-16-24-10-6-4-7-11-24)28(22-31-21-20-25-12-8-5-9-13-25)32(29,30)27-18-14-23(2)15-19-27/h3-15,18-19,22,26H,1,16-17,20-21H2,2H3/b28-22-. The van der Waals surface area contributed by atoms with E-state index in [0.717, 1.165) is 23.1 Å². The number of aryl methyl sites for hydroxylation is 2. The first-order valence-corrected chi connectivity index (χ1v) is 12.3. The van der Waals surface area contributed by atoms with Crippen molar-refractivity contribution in [1.82, 2.24) is 0 Å². The molecule has 0 heterocycles. The van der Waals surface area contributed by atoms with Gasteiger partial charge in [-0.1, -0.05) is 84.4 Å². The van der Waals surface area contributed by atoms with Crippen molar-refractivity contribution in [3.63, 3.8) is 0 Å². The molecule has 0 radical (unpaired) electrons. The van der Waals surface area contributed by atoms with Gasteiger partial charge < -0.3 is 4.74 Å². The number of rotatable bonds is 11. The molecule has 4 heteroatoms. The third kappa shape index (κ3) is 6.44. The van der Waals surface area contributed by atoms with E-state index in [1.807, 2.05) is 79.7 Å². The highest BCUT2D eigenvalue weighted by molar-refractivity contribution is 7.95. The van der Waals surface area contributed by atoms with Crippen molar-refractivity contribution in [2.45, 2.75) is 31.1 Å². The Hall–Kier alpha value is -3.11. The largest absolute Gasteiger partial charge is 0.500 e. The summed E-state index contributed by atoms with van der Waals surface area (Å²) in [6.45, 7) is 6.27. The summed E-state index contributed by atoms with van der Waals surface area (Å²) < 4.78 is 32.8. The highest BCUT2D eigenvalue weighted by atomic mass is 32.2. The molecule has 0 saturated carbocycles. The van der Waals surface area contributed by atoms with Crippen LogP contribution in [0.15, 0.2) is 114 Å². The predicted octanol–water partition coefficient (Wildman–Crippen LogP) is 6.30. The Labute approximate surface area is 192 Å². The van der Waals surface area contributed by atoms with Gasteiger partial charge in [0.2, 0.25) is 9.84 Å². The SMILES string of the molecule is C=CC(CCc1ccccc1)/C(=C/OCCc1ccccc1)S(=O)(=O)c1ccc(C)cc1. The van der Waals surface area contributed by atoms with E-state index in [1.165, 1.54) is 6.26 Å². The van der Waals surface area contributed by atoms with E-state index >= 15 is 0 Å². The van der Waals surface area contributed by atoms with Gasteiger partial charge in [-0.2, -0.15) is 0 Å². The maximum Gasteiger partial charge on any atom is 0.206 e. The van der Waals surface area contributed by atoms with Crippen LogP contribution in [0.3, 0.4) is 0 Å². The molecule has 3 aromatic rings. The number of hydrogen-bond donors (Lipinski definition) is 0. The summed E-state index contributed by atoms with van der Waals surface area (Å²) >= 11 is 0. The summed E-state index contributed by atoms with van der Waals surface area (Å²) in [7, 11) is -3.71. The molecular weight excluding hydrogens is 416 g/mol. The van der Waals surface area contributed by atoms with Gasteiger partial charge >= 0.3 is 0 Å². The molecule has 0 aliphatic rings. The smallest absolute Gasteiger partial charge is 0.206 e. The lowest BCUT2D eigenvalue weighted by molar-refractivity contribution is 0.250. The molecular formula is C28H30O3S. The molecule has 0 fully saturated rings. The summed E-state index contributed by atoms with van der Waals surface area (Å²) in [5.41, 5.74) is 3.32. The van der Waals surface area contributed by atoms with Crippen LogP contribution in [0.4, 0.5) is 0 Å². The summed E-state index contributed by atoms with van der Waals surface area (Å²) in [4.78, 5) is 0.521. The Morgan fingerprint density at radius 2 is 1.44 bits per heavy atom. The van der Waals surface area contributed by atoms with Crippen molar-refractivity contribution in [2.75, 3.05) is 6.61 Å². The van der Waals surface area contributed by atoms with Crippen LogP contribution in [0.5, 0.6) is 0 Å². The van der Waals surface area contributed by atoms with Crippen LogP contribution >= 0.6 is 0 Å². The van der Waals surface area contributed by atoms with Gasteiger partial charge in [0.05, 0.1) is 22.7 Å². The quantitative estimate of drug-likeness (QED) is 0.197. The van der Waals surface area contributed by atoms with E-state index in [-0.39, 0.29) is 15.7 Å². The molecule has 3 nitrogen and oxygen atoms in total. The van der Waals surface area contributed by atoms with Gasteiger partial charge in [-0.3, -0.25) is 0 Å². The van der Waals surface area contributed by atoms with Gasteiger partial charge in [-0.15, -0.1) is 6.58 Å². The molecule has 166 valence electrons. The Bertz CT molecular complexity index is 1120.